The molecule has 6 heteroatoms. The van der Waals surface area contributed by atoms with Crippen LogP contribution in [-0.4, -0.2) is 46.8 Å². The highest BCUT2D eigenvalue weighted by atomic mass is 16.3. The van der Waals surface area contributed by atoms with Gasteiger partial charge in [-0.05, 0) is 13.8 Å². The van der Waals surface area contributed by atoms with Crippen LogP contribution in [0.1, 0.15) is 13.8 Å². The summed E-state index contributed by atoms with van der Waals surface area (Å²) in [7, 11) is 1.79. The minimum Gasteiger partial charge on any atom is -0.364 e. The number of fused-ring (bicyclic) bond motifs is 1. The molecule has 0 aromatic rings. The quantitative estimate of drug-likeness (QED) is 0.358. The van der Waals surface area contributed by atoms with Gasteiger partial charge in [0.25, 0.3) is 0 Å². The Morgan fingerprint density at radius 3 is 2.85 bits per heavy atom. The molecule has 4 N–H and O–H groups in total. The van der Waals surface area contributed by atoms with E-state index in [1.807, 2.05) is 4.90 Å². The molecule has 2 heterocycles. The Morgan fingerprint density at radius 2 is 2.15 bits per heavy atom. The SMILES string of the molecule is CN1NN[C@H]2N(CNC2(C)C)C1O. The summed E-state index contributed by atoms with van der Waals surface area (Å²) in [4.78, 5) is 1.95. The number of aliphatic hydroxyl groups is 1. The zero-order valence-electron chi connectivity index (χ0n) is 8.20. The van der Waals surface area contributed by atoms with Gasteiger partial charge in [-0.3, -0.25) is 5.32 Å². The lowest BCUT2D eigenvalue weighted by Crippen LogP contribution is -2.71. The minimum absolute atomic E-state index is 0.0325. The van der Waals surface area contributed by atoms with Gasteiger partial charge in [0.15, 0.2) is 6.35 Å². The van der Waals surface area contributed by atoms with Crippen molar-refractivity contribution in [1.82, 2.24) is 26.2 Å². The van der Waals surface area contributed by atoms with Crippen molar-refractivity contribution in [2.24, 2.45) is 0 Å². The lowest BCUT2D eigenvalue weighted by Gasteiger charge is -2.43. The molecule has 0 amide bonds. The zero-order valence-corrected chi connectivity index (χ0v) is 8.20. The molecular weight excluding hydrogens is 170 g/mol. The van der Waals surface area contributed by atoms with E-state index in [1.165, 1.54) is 0 Å². The third kappa shape index (κ3) is 1.35. The van der Waals surface area contributed by atoms with Crippen LogP contribution in [0.25, 0.3) is 0 Å². The Kier molecular flexibility index (Phi) is 2.06. The van der Waals surface area contributed by atoms with Crippen molar-refractivity contribution >= 4 is 0 Å². The van der Waals surface area contributed by atoms with Gasteiger partial charge in [0.2, 0.25) is 0 Å². The van der Waals surface area contributed by atoms with Crippen molar-refractivity contribution in [3.63, 3.8) is 0 Å². The summed E-state index contributed by atoms with van der Waals surface area (Å²) in [6, 6.07) is 0. The van der Waals surface area contributed by atoms with Gasteiger partial charge in [0, 0.05) is 12.6 Å². The van der Waals surface area contributed by atoms with Crippen LogP contribution in [0.2, 0.25) is 0 Å². The van der Waals surface area contributed by atoms with Gasteiger partial charge < -0.3 is 5.11 Å². The Hall–Kier alpha value is -0.240. The van der Waals surface area contributed by atoms with Crippen LogP contribution in [0.3, 0.4) is 0 Å². The van der Waals surface area contributed by atoms with Crippen LogP contribution in [-0.2, 0) is 0 Å². The van der Waals surface area contributed by atoms with Crippen LogP contribution in [0.15, 0.2) is 0 Å². The number of hydrazine groups is 2. The van der Waals surface area contributed by atoms with Gasteiger partial charge in [0.1, 0.15) is 0 Å². The smallest absolute Gasteiger partial charge is 0.181 e. The maximum atomic E-state index is 9.79. The maximum absolute atomic E-state index is 9.79. The van der Waals surface area contributed by atoms with E-state index >= 15 is 0 Å². The summed E-state index contributed by atoms with van der Waals surface area (Å²) in [5, 5.41) is 14.7. The molecule has 0 spiro atoms. The van der Waals surface area contributed by atoms with Crippen molar-refractivity contribution in [2.45, 2.75) is 31.9 Å². The molecule has 1 unspecified atom stereocenters. The largest absolute Gasteiger partial charge is 0.364 e. The van der Waals surface area contributed by atoms with E-state index in [-0.39, 0.29) is 11.7 Å². The van der Waals surface area contributed by atoms with E-state index in [0.29, 0.717) is 6.67 Å². The first-order valence-corrected chi connectivity index (χ1v) is 4.45. The zero-order chi connectivity index (χ0) is 9.64. The highest BCUT2D eigenvalue weighted by Crippen LogP contribution is 2.23. The molecule has 2 aliphatic heterocycles. The third-order valence-electron chi connectivity index (χ3n) is 2.75. The molecule has 0 aliphatic carbocycles. The van der Waals surface area contributed by atoms with E-state index in [1.54, 1.807) is 12.1 Å². The molecular formula is C7H17N5O. The second kappa shape index (κ2) is 2.88. The Balaban J connectivity index is 2.15. The van der Waals surface area contributed by atoms with E-state index in [2.05, 4.69) is 30.1 Å². The molecule has 2 rings (SSSR count). The Bertz CT molecular complexity index is 209. The standard InChI is InChI=1S/C7H17N5O/c1-7(2)5-9-10-11(3)6(13)12(5)4-8-7/h5-6,8-10,13H,4H2,1-3H3/t5-,6?/m0/s1. The average Bonchev–Trinajstić information content (AvgIpc) is 2.35. The van der Waals surface area contributed by atoms with Crippen LogP contribution in [0, 0.1) is 0 Å². The molecule has 0 radical (unpaired) electrons. The van der Waals surface area contributed by atoms with E-state index in [9.17, 15) is 5.11 Å². The van der Waals surface area contributed by atoms with Gasteiger partial charge >= 0.3 is 0 Å². The van der Waals surface area contributed by atoms with Gasteiger partial charge in [-0.25, -0.2) is 10.3 Å². The molecule has 6 nitrogen and oxygen atoms in total. The second-order valence-corrected chi connectivity index (χ2v) is 4.19. The number of hydrogen-bond donors (Lipinski definition) is 4. The predicted molar refractivity (Wildman–Crippen MR) is 47.7 cm³/mol. The lowest BCUT2D eigenvalue weighted by molar-refractivity contribution is -0.183. The van der Waals surface area contributed by atoms with Crippen LogP contribution >= 0.6 is 0 Å². The highest BCUT2D eigenvalue weighted by molar-refractivity contribution is 4.97. The number of aliphatic hydroxyl groups excluding tert-OH is 1. The summed E-state index contributed by atoms with van der Waals surface area (Å²) in [5.41, 5.74) is 6.01. The molecule has 76 valence electrons. The first-order valence-electron chi connectivity index (χ1n) is 4.45. The molecule has 0 aromatic heterocycles. The summed E-state index contributed by atoms with van der Waals surface area (Å²) < 4.78 is 0. The van der Waals surface area contributed by atoms with Crippen molar-refractivity contribution in [1.29, 1.82) is 0 Å². The van der Waals surface area contributed by atoms with Crippen molar-refractivity contribution in [2.75, 3.05) is 13.7 Å². The number of rotatable bonds is 0. The van der Waals surface area contributed by atoms with Crippen LogP contribution < -0.4 is 16.3 Å². The van der Waals surface area contributed by atoms with E-state index in [4.69, 9.17) is 0 Å². The summed E-state index contributed by atoms with van der Waals surface area (Å²) in [5.74, 6) is 0. The number of nitrogens with one attached hydrogen (secondary N) is 3. The van der Waals surface area contributed by atoms with Crippen molar-refractivity contribution in [3.05, 3.63) is 0 Å². The van der Waals surface area contributed by atoms with Gasteiger partial charge in [-0.1, -0.05) is 0 Å². The normalized spacial score (nSPS) is 40.6. The maximum Gasteiger partial charge on any atom is 0.181 e. The fraction of sp³-hybridized carbons (Fsp3) is 1.00. The molecule has 0 saturated carbocycles. The second-order valence-electron chi connectivity index (χ2n) is 4.19. The van der Waals surface area contributed by atoms with Gasteiger partial charge in [-0.15, -0.1) is 0 Å². The third-order valence-corrected chi connectivity index (χ3v) is 2.75. The monoisotopic (exact) mass is 187 g/mol. The molecule has 0 aromatic carbocycles. The van der Waals surface area contributed by atoms with Gasteiger partial charge in [-0.2, -0.15) is 10.5 Å². The van der Waals surface area contributed by atoms with Crippen LogP contribution in [0.5, 0.6) is 0 Å². The molecule has 2 saturated heterocycles. The Morgan fingerprint density at radius 1 is 1.46 bits per heavy atom. The van der Waals surface area contributed by atoms with Gasteiger partial charge in [0.05, 0.1) is 12.8 Å². The molecule has 2 fully saturated rings. The molecule has 0 bridgehead atoms. The molecule has 13 heavy (non-hydrogen) atoms. The molecule has 2 atom stereocenters. The summed E-state index contributed by atoms with van der Waals surface area (Å²) in [6.45, 7) is 4.90. The van der Waals surface area contributed by atoms with E-state index < -0.39 is 6.35 Å². The summed E-state index contributed by atoms with van der Waals surface area (Å²) >= 11 is 0. The number of hydrogen-bond acceptors (Lipinski definition) is 6. The fourth-order valence-electron chi connectivity index (χ4n) is 1.82. The number of nitrogens with zero attached hydrogens (tertiary/aromatic N) is 2. The first-order chi connectivity index (χ1) is 6.02. The predicted octanol–water partition coefficient (Wildman–Crippen LogP) is -1.82. The van der Waals surface area contributed by atoms with Crippen LogP contribution in [0.4, 0.5) is 0 Å². The average molecular weight is 187 g/mol. The lowest BCUT2D eigenvalue weighted by atomic mass is 10.0. The fourth-order valence-corrected chi connectivity index (χ4v) is 1.82. The highest BCUT2D eigenvalue weighted by Gasteiger charge is 2.46. The van der Waals surface area contributed by atoms with E-state index in [0.717, 1.165) is 0 Å². The first kappa shape index (κ1) is 9.32. The minimum atomic E-state index is -0.583. The van der Waals surface area contributed by atoms with Crippen molar-refractivity contribution < 1.29 is 5.11 Å². The Labute approximate surface area is 77.8 Å². The summed E-state index contributed by atoms with van der Waals surface area (Å²) in [6.07, 6.45) is -0.473. The van der Waals surface area contributed by atoms with Crippen molar-refractivity contribution in [3.8, 4) is 0 Å². The molecule has 2 aliphatic rings. The topological polar surface area (TPSA) is 62.8 Å².